The second-order valence-corrected chi connectivity index (χ2v) is 5.65. The highest BCUT2D eigenvalue weighted by Gasteiger charge is 2.06. The van der Waals surface area contributed by atoms with Crippen molar-refractivity contribution in [2.24, 2.45) is 0 Å². The lowest BCUT2D eigenvalue weighted by Gasteiger charge is -2.09. The van der Waals surface area contributed by atoms with Crippen LogP contribution in [0.4, 0.5) is 4.39 Å². The molecule has 0 saturated heterocycles. The van der Waals surface area contributed by atoms with E-state index >= 15 is 0 Å². The van der Waals surface area contributed by atoms with Gasteiger partial charge in [0.15, 0.2) is 11.6 Å². The largest absolute Gasteiger partial charge is 0.491 e. The van der Waals surface area contributed by atoms with Crippen molar-refractivity contribution < 1.29 is 9.13 Å². The molecule has 0 atom stereocenters. The molecule has 22 heavy (non-hydrogen) atoms. The van der Waals surface area contributed by atoms with Crippen LogP contribution in [0.3, 0.4) is 0 Å². The zero-order valence-corrected chi connectivity index (χ0v) is 13.6. The van der Waals surface area contributed by atoms with Gasteiger partial charge in [0.05, 0.1) is 6.61 Å². The molecule has 0 N–H and O–H groups in total. The minimum absolute atomic E-state index is 0.286. The third kappa shape index (κ3) is 4.59. The Morgan fingerprint density at radius 1 is 0.864 bits per heavy atom. The van der Waals surface area contributed by atoms with E-state index in [1.807, 2.05) is 6.07 Å². The number of rotatable bonds is 8. The Morgan fingerprint density at radius 2 is 1.59 bits per heavy atom. The van der Waals surface area contributed by atoms with E-state index in [0.29, 0.717) is 12.4 Å². The third-order valence-electron chi connectivity index (χ3n) is 3.76. The van der Waals surface area contributed by atoms with Gasteiger partial charge in [0.2, 0.25) is 0 Å². The summed E-state index contributed by atoms with van der Waals surface area (Å²) in [6, 6.07) is 13.6. The summed E-state index contributed by atoms with van der Waals surface area (Å²) in [5, 5.41) is 0. The summed E-state index contributed by atoms with van der Waals surface area (Å²) in [4.78, 5) is 0. The maximum atomic E-state index is 14.1. The number of aryl methyl sites for hydroxylation is 1. The van der Waals surface area contributed by atoms with Gasteiger partial charge in [-0.25, -0.2) is 4.39 Å². The quantitative estimate of drug-likeness (QED) is 0.542. The first kappa shape index (κ1) is 16.5. The molecule has 0 radical (unpaired) electrons. The highest BCUT2D eigenvalue weighted by atomic mass is 19.1. The number of unbranched alkanes of at least 4 members (excludes halogenated alkanes) is 2. The maximum absolute atomic E-state index is 14.1. The van der Waals surface area contributed by atoms with Crippen LogP contribution in [0.5, 0.6) is 5.75 Å². The highest BCUT2D eigenvalue weighted by molar-refractivity contribution is 5.64. The molecule has 0 aliphatic rings. The Morgan fingerprint density at radius 3 is 2.23 bits per heavy atom. The molecule has 2 aromatic rings. The molecule has 0 heterocycles. The Balaban J connectivity index is 2.04. The van der Waals surface area contributed by atoms with E-state index < -0.39 is 0 Å². The Bertz CT molecular complexity index is 575. The normalized spacial score (nSPS) is 10.7. The fraction of sp³-hybridized carbons (Fsp3) is 0.400. The lowest BCUT2D eigenvalue weighted by atomic mass is 10.0. The van der Waals surface area contributed by atoms with Crippen molar-refractivity contribution >= 4 is 0 Å². The minimum atomic E-state index is -0.286. The number of hydrogen-bond donors (Lipinski definition) is 0. The van der Waals surface area contributed by atoms with Gasteiger partial charge in [-0.15, -0.1) is 0 Å². The van der Waals surface area contributed by atoms with Crippen molar-refractivity contribution in [3.05, 3.63) is 53.8 Å². The second-order valence-electron chi connectivity index (χ2n) is 5.65. The molecule has 0 fully saturated rings. The van der Waals surface area contributed by atoms with Crippen molar-refractivity contribution in [3.63, 3.8) is 0 Å². The van der Waals surface area contributed by atoms with E-state index in [9.17, 15) is 4.39 Å². The summed E-state index contributed by atoms with van der Waals surface area (Å²) in [6.07, 6.45) is 5.44. The molecular weight excluding hydrogens is 275 g/mol. The van der Waals surface area contributed by atoms with Crippen LogP contribution in [0, 0.1) is 5.82 Å². The molecule has 0 aliphatic heterocycles. The van der Waals surface area contributed by atoms with Crippen LogP contribution in [0.15, 0.2) is 42.5 Å². The summed E-state index contributed by atoms with van der Waals surface area (Å²) in [5.74, 6) is 0.0640. The second kappa shape index (κ2) is 8.57. The van der Waals surface area contributed by atoms with Crippen molar-refractivity contribution in [3.8, 4) is 16.9 Å². The van der Waals surface area contributed by atoms with Crippen LogP contribution in [-0.4, -0.2) is 6.61 Å². The standard InChI is InChI=1S/C20H25FO/c1-3-5-6-14-22-20-13-12-18(15-19(20)21)17-10-8-16(7-4-2)9-11-17/h8-13,15H,3-7,14H2,1-2H3. The predicted octanol–water partition coefficient (Wildman–Crippen LogP) is 6.01. The van der Waals surface area contributed by atoms with Crippen LogP contribution in [0.1, 0.15) is 45.1 Å². The van der Waals surface area contributed by atoms with Gasteiger partial charge in [0.1, 0.15) is 0 Å². The number of hydrogen-bond acceptors (Lipinski definition) is 1. The Hall–Kier alpha value is -1.83. The van der Waals surface area contributed by atoms with E-state index in [1.54, 1.807) is 12.1 Å². The Kier molecular flexibility index (Phi) is 6.45. The molecule has 2 aromatic carbocycles. The van der Waals surface area contributed by atoms with Gasteiger partial charge in [-0.2, -0.15) is 0 Å². The third-order valence-corrected chi connectivity index (χ3v) is 3.76. The fourth-order valence-corrected chi connectivity index (χ4v) is 2.48. The summed E-state index contributed by atoms with van der Waals surface area (Å²) in [6.45, 7) is 4.89. The van der Waals surface area contributed by atoms with E-state index in [0.717, 1.165) is 43.2 Å². The first-order valence-electron chi connectivity index (χ1n) is 8.26. The average molecular weight is 300 g/mol. The topological polar surface area (TPSA) is 9.23 Å². The van der Waals surface area contributed by atoms with E-state index in [4.69, 9.17) is 4.74 Å². The van der Waals surface area contributed by atoms with Gasteiger partial charge in [-0.3, -0.25) is 0 Å². The van der Waals surface area contributed by atoms with Crippen molar-refractivity contribution in [1.29, 1.82) is 0 Å². The average Bonchev–Trinajstić information content (AvgIpc) is 2.54. The zero-order valence-electron chi connectivity index (χ0n) is 13.6. The molecule has 2 rings (SSSR count). The first-order valence-corrected chi connectivity index (χ1v) is 8.26. The van der Waals surface area contributed by atoms with Crippen LogP contribution >= 0.6 is 0 Å². The molecule has 0 spiro atoms. The smallest absolute Gasteiger partial charge is 0.165 e. The lowest BCUT2D eigenvalue weighted by molar-refractivity contribution is 0.291. The minimum Gasteiger partial charge on any atom is -0.491 e. The van der Waals surface area contributed by atoms with Gasteiger partial charge in [0, 0.05) is 0 Å². The van der Waals surface area contributed by atoms with Gasteiger partial charge in [-0.1, -0.05) is 63.4 Å². The fourth-order valence-electron chi connectivity index (χ4n) is 2.48. The molecule has 0 aliphatic carbocycles. The molecule has 0 unspecified atom stereocenters. The molecule has 1 nitrogen and oxygen atoms in total. The van der Waals surface area contributed by atoms with E-state index in [1.165, 1.54) is 5.56 Å². The predicted molar refractivity (Wildman–Crippen MR) is 90.9 cm³/mol. The van der Waals surface area contributed by atoms with Crippen LogP contribution in [0.25, 0.3) is 11.1 Å². The van der Waals surface area contributed by atoms with Crippen molar-refractivity contribution in [1.82, 2.24) is 0 Å². The van der Waals surface area contributed by atoms with Crippen LogP contribution < -0.4 is 4.74 Å². The molecule has 0 aromatic heterocycles. The zero-order chi connectivity index (χ0) is 15.8. The molecule has 0 amide bonds. The van der Waals surface area contributed by atoms with Crippen LogP contribution in [-0.2, 0) is 6.42 Å². The summed E-state index contributed by atoms with van der Waals surface area (Å²) >= 11 is 0. The summed E-state index contributed by atoms with van der Waals surface area (Å²) in [7, 11) is 0. The lowest BCUT2D eigenvalue weighted by Crippen LogP contribution is -1.99. The van der Waals surface area contributed by atoms with E-state index in [2.05, 4.69) is 38.1 Å². The highest BCUT2D eigenvalue weighted by Crippen LogP contribution is 2.26. The first-order chi connectivity index (χ1) is 10.7. The SMILES string of the molecule is CCCCCOc1ccc(-c2ccc(CCC)cc2)cc1F. The molecular formula is C20H25FO. The molecule has 118 valence electrons. The van der Waals surface area contributed by atoms with Gasteiger partial charge >= 0.3 is 0 Å². The number of halogens is 1. The molecule has 2 heteroatoms. The van der Waals surface area contributed by atoms with Crippen molar-refractivity contribution in [2.45, 2.75) is 46.0 Å². The van der Waals surface area contributed by atoms with Gasteiger partial charge < -0.3 is 4.74 Å². The summed E-state index contributed by atoms with van der Waals surface area (Å²) < 4.78 is 19.6. The number of ether oxygens (including phenoxy) is 1. The van der Waals surface area contributed by atoms with Gasteiger partial charge in [-0.05, 0) is 41.7 Å². The van der Waals surface area contributed by atoms with Gasteiger partial charge in [0.25, 0.3) is 0 Å². The monoisotopic (exact) mass is 300 g/mol. The van der Waals surface area contributed by atoms with Crippen LogP contribution in [0.2, 0.25) is 0 Å². The molecule has 0 saturated carbocycles. The summed E-state index contributed by atoms with van der Waals surface area (Å²) in [5.41, 5.74) is 3.25. The maximum Gasteiger partial charge on any atom is 0.165 e. The number of benzene rings is 2. The molecule has 0 bridgehead atoms. The van der Waals surface area contributed by atoms with Crippen molar-refractivity contribution in [2.75, 3.05) is 6.61 Å². The van der Waals surface area contributed by atoms with E-state index in [-0.39, 0.29) is 5.82 Å². The Labute approximate surface area is 133 Å².